The predicted octanol–water partition coefficient (Wildman–Crippen LogP) is 2.86. The number of halogens is 1. The van der Waals surface area contributed by atoms with Crippen LogP contribution in [-0.4, -0.2) is 29.2 Å². The number of nitrogens with zero attached hydrogens (tertiary/aromatic N) is 2. The average Bonchev–Trinajstić information content (AvgIpc) is 2.48. The second-order valence-electron chi connectivity index (χ2n) is 5.26. The average molecular weight is 307 g/mol. The fraction of sp³-hybridized carbons (Fsp3) is 0.400. The van der Waals surface area contributed by atoms with E-state index in [-0.39, 0.29) is 5.91 Å². The molecule has 1 aromatic heterocycles. The summed E-state index contributed by atoms with van der Waals surface area (Å²) < 4.78 is 0. The van der Waals surface area contributed by atoms with Gasteiger partial charge in [0, 0.05) is 30.3 Å². The third-order valence-corrected chi connectivity index (χ3v) is 3.27. The summed E-state index contributed by atoms with van der Waals surface area (Å²) in [5.74, 6) is 1.13. The number of anilines is 1. The summed E-state index contributed by atoms with van der Waals surface area (Å²) in [6, 6.07) is 7.64. The van der Waals surface area contributed by atoms with Gasteiger partial charge in [0.05, 0.1) is 0 Å². The Bertz CT molecular complexity index is 630. The predicted molar refractivity (Wildman–Crippen MR) is 85.5 cm³/mol. The van der Waals surface area contributed by atoms with Gasteiger partial charge in [-0.25, -0.2) is 0 Å². The Morgan fingerprint density at radius 1 is 1.24 bits per heavy atom. The highest BCUT2D eigenvalue weighted by molar-refractivity contribution is 6.34. The van der Waals surface area contributed by atoms with Crippen molar-refractivity contribution in [1.82, 2.24) is 15.5 Å². The summed E-state index contributed by atoms with van der Waals surface area (Å²) in [6.07, 6.45) is 0.394. The molecule has 0 fully saturated rings. The molecule has 0 radical (unpaired) electrons. The maximum absolute atomic E-state index is 11.6. The number of hydrogen-bond donors (Lipinski definition) is 2. The van der Waals surface area contributed by atoms with E-state index >= 15 is 0 Å². The fourth-order valence-corrected chi connectivity index (χ4v) is 2.11. The molecule has 0 atom stereocenters. The monoisotopic (exact) mass is 306 g/mol. The van der Waals surface area contributed by atoms with Crippen molar-refractivity contribution >= 4 is 34.1 Å². The van der Waals surface area contributed by atoms with Gasteiger partial charge in [0.15, 0.2) is 11.0 Å². The van der Waals surface area contributed by atoms with Crippen LogP contribution in [0.3, 0.4) is 0 Å². The van der Waals surface area contributed by atoms with E-state index in [9.17, 15) is 4.79 Å². The first-order chi connectivity index (χ1) is 10.1. The van der Waals surface area contributed by atoms with E-state index in [0.717, 1.165) is 10.8 Å². The molecule has 0 saturated heterocycles. The van der Waals surface area contributed by atoms with E-state index in [2.05, 4.69) is 34.7 Å². The Labute approximate surface area is 129 Å². The van der Waals surface area contributed by atoms with Crippen molar-refractivity contribution in [2.24, 2.45) is 5.92 Å². The van der Waals surface area contributed by atoms with Crippen molar-refractivity contribution in [3.8, 4) is 0 Å². The zero-order valence-electron chi connectivity index (χ0n) is 12.2. The molecule has 0 bridgehead atoms. The maximum atomic E-state index is 11.6. The molecule has 0 unspecified atom stereocenters. The van der Waals surface area contributed by atoms with Crippen molar-refractivity contribution < 1.29 is 4.79 Å². The van der Waals surface area contributed by atoms with Crippen LogP contribution in [0.5, 0.6) is 0 Å². The van der Waals surface area contributed by atoms with Gasteiger partial charge in [-0.2, -0.15) is 0 Å². The quantitative estimate of drug-likeness (QED) is 0.861. The molecule has 0 aliphatic heterocycles. The molecular weight excluding hydrogens is 288 g/mol. The van der Waals surface area contributed by atoms with Crippen LogP contribution in [0, 0.1) is 5.92 Å². The number of aromatic nitrogens is 2. The first-order valence-electron chi connectivity index (χ1n) is 6.99. The molecule has 2 rings (SSSR count). The normalized spacial score (nSPS) is 10.9. The van der Waals surface area contributed by atoms with Crippen LogP contribution in [-0.2, 0) is 4.79 Å². The van der Waals surface area contributed by atoms with Gasteiger partial charge >= 0.3 is 0 Å². The molecule has 0 saturated carbocycles. The summed E-state index contributed by atoms with van der Waals surface area (Å²) >= 11 is 6.02. The number of carbonyl (C=O) groups excluding carboxylic acids is 1. The summed E-state index contributed by atoms with van der Waals surface area (Å²) in [5, 5.41) is 16.1. The number of amides is 1. The van der Waals surface area contributed by atoms with Gasteiger partial charge in [-0.3, -0.25) is 4.79 Å². The van der Waals surface area contributed by atoms with Crippen LogP contribution in [0.25, 0.3) is 10.8 Å². The van der Waals surface area contributed by atoms with Crippen molar-refractivity contribution in [1.29, 1.82) is 0 Å². The van der Waals surface area contributed by atoms with E-state index in [0.29, 0.717) is 36.4 Å². The number of hydrogen-bond acceptors (Lipinski definition) is 4. The van der Waals surface area contributed by atoms with Gasteiger partial charge < -0.3 is 10.6 Å². The van der Waals surface area contributed by atoms with Gasteiger partial charge in [0.2, 0.25) is 5.91 Å². The number of rotatable bonds is 6. The molecular formula is C15H19ClN4O. The summed E-state index contributed by atoms with van der Waals surface area (Å²) in [4.78, 5) is 11.6. The third-order valence-electron chi connectivity index (χ3n) is 2.99. The van der Waals surface area contributed by atoms with Crippen LogP contribution in [0.15, 0.2) is 24.3 Å². The van der Waals surface area contributed by atoms with Crippen molar-refractivity contribution in [2.75, 3.05) is 18.4 Å². The molecule has 2 N–H and O–H groups in total. The van der Waals surface area contributed by atoms with Crippen LogP contribution in [0.4, 0.5) is 5.82 Å². The van der Waals surface area contributed by atoms with E-state index < -0.39 is 0 Å². The van der Waals surface area contributed by atoms with E-state index in [1.165, 1.54) is 0 Å². The molecule has 5 nitrogen and oxygen atoms in total. The Morgan fingerprint density at radius 3 is 2.67 bits per heavy atom. The number of fused-ring (bicyclic) bond motifs is 1. The molecule has 2 aromatic rings. The third kappa shape index (κ3) is 4.29. The summed E-state index contributed by atoms with van der Waals surface area (Å²) in [7, 11) is 0. The zero-order valence-corrected chi connectivity index (χ0v) is 12.9. The summed E-state index contributed by atoms with van der Waals surface area (Å²) in [6.45, 7) is 5.33. The van der Waals surface area contributed by atoms with E-state index in [1.807, 2.05) is 24.3 Å². The highest BCUT2D eigenvalue weighted by Gasteiger charge is 2.08. The van der Waals surface area contributed by atoms with Gasteiger partial charge in [0.1, 0.15) is 0 Å². The van der Waals surface area contributed by atoms with Crippen molar-refractivity contribution in [3.05, 3.63) is 29.4 Å². The number of benzene rings is 1. The van der Waals surface area contributed by atoms with Crippen LogP contribution < -0.4 is 10.6 Å². The molecule has 1 aromatic carbocycles. The Kier molecular flexibility index (Phi) is 5.33. The highest BCUT2D eigenvalue weighted by Crippen LogP contribution is 2.25. The van der Waals surface area contributed by atoms with Gasteiger partial charge in [-0.05, 0) is 5.92 Å². The molecule has 1 heterocycles. The van der Waals surface area contributed by atoms with E-state index in [4.69, 9.17) is 11.6 Å². The van der Waals surface area contributed by atoms with Crippen LogP contribution in [0.1, 0.15) is 20.3 Å². The minimum Gasteiger partial charge on any atom is -0.368 e. The Hall–Kier alpha value is -1.88. The lowest BCUT2D eigenvalue weighted by molar-refractivity contribution is -0.120. The second kappa shape index (κ2) is 7.22. The standard InChI is InChI=1S/C15H19ClN4O/c1-10(2)9-18-13(21)7-8-17-15-12-6-4-3-5-11(12)14(16)19-20-15/h3-6,10H,7-9H2,1-2H3,(H,17,20)(H,18,21). The number of carbonyl (C=O) groups is 1. The van der Waals surface area contributed by atoms with Crippen molar-refractivity contribution in [2.45, 2.75) is 20.3 Å². The fourth-order valence-electron chi connectivity index (χ4n) is 1.90. The minimum absolute atomic E-state index is 0.0300. The lowest BCUT2D eigenvalue weighted by Gasteiger charge is -2.10. The lowest BCUT2D eigenvalue weighted by Crippen LogP contribution is -2.28. The van der Waals surface area contributed by atoms with Gasteiger partial charge in [0.25, 0.3) is 0 Å². The SMILES string of the molecule is CC(C)CNC(=O)CCNc1nnc(Cl)c2ccccc12. The minimum atomic E-state index is 0.0300. The zero-order chi connectivity index (χ0) is 15.2. The first-order valence-corrected chi connectivity index (χ1v) is 7.37. The molecule has 1 amide bonds. The smallest absolute Gasteiger partial charge is 0.221 e. The van der Waals surface area contributed by atoms with Gasteiger partial charge in [-0.1, -0.05) is 49.7 Å². The Balaban J connectivity index is 1.95. The Morgan fingerprint density at radius 2 is 1.95 bits per heavy atom. The second-order valence-corrected chi connectivity index (χ2v) is 5.62. The largest absolute Gasteiger partial charge is 0.368 e. The molecule has 21 heavy (non-hydrogen) atoms. The summed E-state index contributed by atoms with van der Waals surface area (Å²) in [5.41, 5.74) is 0. The van der Waals surface area contributed by atoms with Crippen LogP contribution >= 0.6 is 11.6 Å². The topological polar surface area (TPSA) is 66.9 Å². The maximum Gasteiger partial charge on any atom is 0.221 e. The van der Waals surface area contributed by atoms with Crippen LogP contribution in [0.2, 0.25) is 5.15 Å². The molecule has 0 aliphatic rings. The highest BCUT2D eigenvalue weighted by atomic mass is 35.5. The lowest BCUT2D eigenvalue weighted by atomic mass is 10.2. The first kappa shape index (κ1) is 15.5. The van der Waals surface area contributed by atoms with Crippen molar-refractivity contribution in [3.63, 3.8) is 0 Å². The molecule has 0 spiro atoms. The molecule has 6 heteroatoms. The molecule has 0 aliphatic carbocycles. The van der Waals surface area contributed by atoms with E-state index in [1.54, 1.807) is 0 Å². The van der Waals surface area contributed by atoms with Gasteiger partial charge in [-0.15, -0.1) is 10.2 Å². The number of nitrogens with one attached hydrogen (secondary N) is 2. The molecule has 112 valence electrons.